The number of amides is 1. The predicted molar refractivity (Wildman–Crippen MR) is 123 cm³/mol. The van der Waals surface area contributed by atoms with E-state index in [0.29, 0.717) is 5.69 Å². The van der Waals surface area contributed by atoms with E-state index in [1.54, 1.807) is 12.1 Å². The van der Waals surface area contributed by atoms with Crippen LogP contribution in [0.2, 0.25) is 0 Å². The fourth-order valence-corrected chi connectivity index (χ4v) is 4.54. The van der Waals surface area contributed by atoms with Crippen LogP contribution < -0.4 is 10.0 Å². The van der Waals surface area contributed by atoms with Gasteiger partial charge in [0.05, 0.1) is 4.90 Å². The summed E-state index contributed by atoms with van der Waals surface area (Å²) in [5, 5.41) is 2.89. The number of benzene rings is 3. The van der Waals surface area contributed by atoms with Crippen LogP contribution >= 0.6 is 15.9 Å². The molecule has 0 saturated heterocycles. The van der Waals surface area contributed by atoms with Crippen LogP contribution in [0, 0.1) is 0 Å². The SMILES string of the molecule is CCc1ccccc1NC(=O)[C@H](Cc1ccccc1)NS(=O)(=O)c1ccc(Br)cc1. The number of carbonyl (C=O) groups is 1. The molecule has 30 heavy (non-hydrogen) atoms. The molecule has 1 amide bonds. The third-order valence-electron chi connectivity index (χ3n) is 4.68. The molecule has 2 N–H and O–H groups in total. The first-order chi connectivity index (χ1) is 14.4. The number of sulfonamides is 1. The average molecular weight is 487 g/mol. The monoisotopic (exact) mass is 486 g/mol. The minimum Gasteiger partial charge on any atom is -0.324 e. The van der Waals surface area contributed by atoms with Crippen LogP contribution in [0.5, 0.6) is 0 Å². The van der Waals surface area contributed by atoms with Crippen molar-refractivity contribution in [2.24, 2.45) is 0 Å². The molecule has 3 aromatic rings. The lowest BCUT2D eigenvalue weighted by atomic mass is 10.1. The molecule has 5 nitrogen and oxygen atoms in total. The molecule has 3 aromatic carbocycles. The van der Waals surface area contributed by atoms with Gasteiger partial charge in [-0.05, 0) is 54.3 Å². The number of halogens is 1. The highest BCUT2D eigenvalue weighted by atomic mass is 79.9. The summed E-state index contributed by atoms with van der Waals surface area (Å²) in [5.41, 5.74) is 2.53. The number of rotatable bonds is 8. The van der Waals surface area contributed by atoms with Gasteiger partial charge in [-0.2, -0.15) is 4.72 Å². The largest absolute Gasteiger partial charge is 0.324 e. The highest BCUT2D eigenvalue weighted by molar-refractivity contribution is 9.10. The third-order valence-corrected chi connectivity index (χ3v) is 6.69. The molecular weight excluding hydrogens is 464 g/mol. The van der Waals surface area contributed by atoms with Gasteiger partial charge in [0.2, 0.25) is 15.9 Å². The van der Waals surface area contributed by atoms with Crippen LogP contribution in [0.15, 0.2) is 88.2 Å². The van der Waals surface area contributed by atoms with Crippen molar-refractivity contribution in [3.05, 3.63) is 94.5 Å². The Balaban J connectivity index is 1.88. The van der Waals surface area contributed by atoms with E-state index in [-0.39, 0.29) is 11.3 Å². The van der Waals surface area contributed by atoms with Crippen molar-refractivity contribution in [2.45, 2.75) is 30.7 Å². The van der Waals surface area contributed by atoms with Crippen molar-refractivity contribution < 1.29 is 13.2 Å². The van der Waals surface area contributed by atoms with Gasteiger partial charge in [0.15, 0.2) is 0 Å². The number of aryl methyl sites for hydroxylation is 1. The standard InChI is InChI=1S/C23H23BrN2O3S/c1-2-18-10-6-7-11-21(18)25-23(27)22(16-17-8-4-3-5-9-17)26-30(28,29)20-14-12-19(24)13-15-20/h3-15,22,26H,2,16H2,1H3,(H,25,27)/t22-/m0/s1. The summed E-state index contributed by atoms with van der Waals surface area (Å²) in [6, 6.07) is 22.2. The van der Waals surface area contributed by atoms with E-state index < -0.39 is 22.0 Å². The zero-order chi connectivity index (χ0) is 21.6. The number of hydrogen-bond donors (Lipinski definition) is 2. The Morgan fingerprint density at radius 1 is 0.933 bits per heavy atom. The van der Waals surface area contributed by atoms with Gasteiger partial charge in [-0.25, -0.2) is 8.42 Å². The summed E-state index contributed by atoms with van der Waals surface area (Å²) < 4.78 is 29.2. The van der Waals surface area contributed by atoms with E-state index in [0.717, 1.165) is 22.0 Å². The van der Waals surface area contributed by atoms with Crippen LogP contribution in [0.4, 0.5) is 5.69 Å². The Bertz CT molecular complexity index is 1100. The molecule has 0 bridgehead atoms. The summed E-state index contributed by atoms with van der Waals surface area (Å²) in [7, 11) is -3.88. The van der Waals surface area contributed by atoms with Gasteiger partial charge in [0, 0.05) is 10.2 Å². The number of carbonyl (C=O) groups excluding carboxylic acids is 1. The van der Waals surface area contributed by atoms with Crippen LogP contribution in [-0.2, 0) is 27.7 Å². The second kappa shape index (κ2) is 10.0. The fraction of sp³-hybridized carbons (Fsp3) is 0.174. The molecule has 0 aromatic heterocycles. The minimum atomic E-state index is -3.88. The Morgan fingerprint density at radius 2 is 1.57 bits per heavy atom. The molecular formula is C23H23BrN2O3S. The normalized spacial score (nSPS) is 12.3. The zero-order valence-corrected chi connectivity index (χ0v) is 18.9. The summed E-state index contributed by atoms with van der Waals surface area (Å²) in [6.45, 7) is 2.00. The fourth-order valence-electron chi connectivity index (χ4n) is 3.08. The summed E-state index contributed by atoms with van der Waals surface area (Å²) in [4.78, 5) is 13.2. The maximum absolute atomic E-state index is 13.1. The molecule has 1 atom stereocenters. The second-order valence-corrected chi connectivity index (χ2v) is 9.45. The van der Waals surface area contributed by atoms with E-state index >= 15 is 0 Å². The number of hydrogen-bond acceptors (Lipinski definition) is 3. The third kappa shape index (κ3) is 5.78. The molecule has 156 valence electrons. The van der Waals surface area contributed by atoms with Crippen LogP contribution in [0.1, 0.15) is 18.1 Å². The van der Waals surface area contributed by atoms with E-state index in [9.17, 15) is 13.2 Å². The van der Waals surface area contributed by atoms with E-state index in [2.05, 4.69) is 26.0 Å². The zero-order valence-electron chi connectivity index (χ0n) is 16.5. The average Bonchev–Trinajstić information content (AvgIpc) is 2.74. The number of para-hydroxylation sites is 1. The predicted octanol–water partition coefficient (Wildman–Crippen LogP) is 4.54. The van der Waals surface area contributed by atoms with Gasteiger partial charge in [-0.3, -0.25) is 4.79 Å². The second-order valence-electron chi connectivity index (χ2n) is 6.82. The van der Waals surface area contributed by atoms with Crippen LogP contribution in [-0.4, -0.2) is 20.4 Å². The van der Waals surface area contributed by atoms with E-state index in [4.69, 9.17) is 0 Å². The van der Waals surface area contributed by atoms with E-state index in [1.165, 1.54) is 12.1 Å². The Kier molecular flexibility index (Phi) is 7.42. The number of nitrogens with one attached hydrogen (secondary N) is 2. The molecule has 0 aliphatic rings. The Morgan fingerprint density at radius 3 is 2.23 bits per heavy atom. The lowest BCUT2D eigenvalue weighted by Gasteiger charge is -2.20. The van der Waals surface area contributed by atoms with Crippen molar-refractivity contribution >= 4 is 37.5 Å². The first-order valence-corrected chi connectivity index (χ1v) is 11.9. The Labute approximate surface area is 185 Å². The van der Waals surface area contributed by atoms with Crippen LogP contribution in [0.3, 0.4) is 0 Å². The van der Waals surface area contributed by atoms with Crippen molar-refractivity contribution in [1.29, 1.82) is 0 Å². The highest BCUT2D eigenvalue weighted by Crippen LogP contribution is 2.18. The highest BCUT2D eigenvalue weighted by Gasteiger charge is 2.26. The van der Waals surface area contributed by atoms with Gasteiger partial charge in [-0.15, -0.1) is 0 Å². The molecule has 7 heteroatoms. The Hall–Kier alpha value is -2.48. The molecule has 0 saturated carbocycles. The number of anilines is 1. The summed E-state index contributed by atoms with van der Waals surface area (Å²) in [6.07, 6.45) is 0.987. The lowest BCUT2D eigenvalue weighted by molar-refractivity contribution is -0.117. The smallest absolute Gasteiger partial charge is 0.242 e. The quantitative estimate of drug-likeness (QED) is 0.490. The van der Waals surface area contributed by atoms with Gasteiger partial charge < -0.3 is 5.32 Å². The molecule has 0 aliphatic heterocycles. The minimum absolute atomic E-state index is 0.102. The van der Waals surface area contributed by atoms with Gasteiger partial charge >= 0.3 is 0 Å². The molecule has 0 heterocycles. The van der Waals surface area contributed by atoms with Gasteiger partial charge in [0.25, 0.3) is 0 Å². The molecule has 0 aliphatic carbocycles. The van der Waals surface area contributed by atoms with E-state index in [1.807, 2.05) is 61.5 Å². The van der Waals surface area contributed by atoms with Gasteiger partial charge in [-0.1, -0.05) is 71.4 Å². The maximum Gasteiger partial charge on any atom is 0.242 e. The molecule has 0 fully saturated rings. The lowest BCUT2D eigenvalue weighted by Crippen LogP contribution is -2.45. The molecule has 0 radical (unpaired) electrons. The first kappa shape index (κ1) is 22.2. The van der Waals surface area contributed by atoms with Gasteiger partial charge in [0.1, 0.15) is 6.04 Å². The first-order valence-electron chi connectivity index (χ1n) is 9.59. The van der Waals surface area contributed by atoms with Crippen molar-refractivity contribution in [3.8, 4) is 0 Å². The van der Waals surface area contributed by atoms with Crippen LogP contribution in [0.25, 0.3) is 0 Å². The molecule has 0 spiro atoms. The molecule has 0 unspecified atom stereocenters. The topological polar surface area (TPSA) is 75.3 Å². The van der Waals surface area contributed by atoms with Crippen molar-refractivity contribution in [3.63, 3.8) is 0 Å². The maximum atomic E-state index is 13.1. The van der Waals surface area contributed by atoms with Crippen molar-refractivity contribution in [2.75, 3.05) is 5.32 Å². The molecule has 3 rings (SSSR count). The van der Waals surface area contributed by atoms with Crippen molar-refractivity contribution in [1.82, 2.24) is 4.72 Å². The summed E-state index contributed by atoms with van der Waals surface area (Å²) >= 11 is 3.30. The summed E-state index contributed by atoms with van der Waals surface area (Å²) in [5.74, 6) is -0.402.